The van der Waals surface area contributed by atoms with Crippen LogP contribution in [0.25, 0.3) is 10.9 Å². The van der Waals surface area contributed by atoms with Crippen molar-refractivity contribution in [3.8, 4) is 0 Å². The molecule has 1 aromatic carbocycles. The molecule has 0 bridgehead atoms. The van der Waals surface area contributed by atoms with Gasteiger partial charge in [0.2, 0.25) is 0 Å². The topological polar surface area (TPSA) is 76.7 Å². The van der Waals surface area contributed by atoms with Crippen LogP contribution in [0.15, 0.2) is 47.1 Å². The average Bonchev–Trinajstić information content (AvgIpc) is 2.47. The third-order valence-corrected chi connectivity index (χ3v) is 3.61. The quantitative estimate of drug-likeness (QED) is 0.761. The van der Waals surface area contributed by atoms with Crippen molar-refractivity contribution in [2.75, 3.05) is 17.6 Å². The Morgan fingerprint density at radius 3 is 2.90 bits per heavy atom. The van der Waals surface area contributed by atoms with Crippen molar-refractivity contribution in [3.05, 3.63) is 52.8 Å². The van der Waals surface area contributed by atoms with E-state index < -0.39 is 0 Å². The van der Waals surface area contributed by atoms with Gasteiger partial charge in [-0.2, -0.15) is 10.2 Å². The highest BCUT2D eigenvalue weighted by atomic mass is 79.9. The van der Waals surface area contributed by atoms with Crippen LogP contribution in [0.4, 0.5) is 11.5 Å². The monoisotopic (exact) mass is 343 g/mol. The van der Waals surface area contributed by atoms with Gasteiger partial charge in [-0.3, -0.25) is 0 Å². The van der Waals surface area contributed by atoms with Gasteiger partial charge < -0.3 is 11.1 Å². The SMILES string of the molecule is Nc1cc(NCCc2cccnn2)c2ccc(Br)cc2n1. The van der Waals surface area contributed by atoms with E-state index >= 15 is 0 Å². The molecule has 6 heteroatoms. The van der Waals surface area contributed by atoms with Crippen molar-refractivity contribution in [1.82, 2.24) is 15.2 Å². The summed E-state index contributed by atoms with van der Waals surface area (Å²) >= 11 is 3.45. The lowest BCUT2D eigenvalue weighted by Gasteiger charge is -2.10. The lowest BCUT2D eigenvalue weighted by Crippen LogP contribution is -2.07. The van der Waals surface area contributed by atoms with Gasteiger partial charge in [-0.1, -0.05) is 15.9 Å². The molecular weight excluding hydrogens is 330 g/mol. The van der Waals surface area contributed by atoms with Crippen LogP contribution in [0.1, 0.15) is 5.69 Å². The molecule has 0 radical (unpaired) electrons. The summed E-state index contributed by atoms with van der Waals surface area (Å²) in [4.78, 5) is 4.35. The van der Waals surface area contributed by atoms with E-state index in [9.17, 15) is 0 Å². The number of fused-ring (bicyclic) bond motifs is 1. The maximum atomic E-state index is 5.87. The maximum Gasteiger partial charge on any atom is 0.126 e. The molecule has 2 heterocycles. The van der Waals surface area contributed by atoms with Crippen molar-refractivity contribution in [2.45, 2.75) is 6.42 Å². The van der Waals surface area contributed by atoms with Crippen molar-refractivity contribution >= 4 is 38.3 Å². The highest BCUT2D eigenvalue weighted by Gasteiger charge is 2.05. The second-order valence-electron chi connectivity index (χ2n) is 4.65. The van der Waals surface area contributed by atoms with Gasteiger partial charge in [0.15, 0.2) is 0 Å². The van der Waals surface area contributed by atoms with Gasteiger partial charge in [0.05, 0.1) is 11.2 Å². The number of benzene rings is 1. The van der Waals surface area contributed by atoms with Gasteiger partial charge >= 0.3 is 0 Å². The van der Waals surface area contributed by atoms with Gasteiger partial charge in [-0.15, -0.1) is 0 Å². The predicted molar refractivity (Wildman–Crippen MR) is 88.1 cm³/mol. The Bertz CT molecular complexity index is 755. The molecule has 0 unspecified atom stereocenters. The summed E-state index contributed by atoms with van der Waals surface area (Å²) in [6.45, 7) is 0.757. The predicted octanol–water partition coefficient (Wildman–Crippen LogP) is 3.02. The molecule has 0 spiro atoms. The second kappa shape index (κ2) is 6.05. The molecule has 21 heavy (non-hydrogen) atoms. The van der Waals surface area contributed by atoms with Crippen LogP contribution in [0.2, 0.25) is 0 Å². The minimum Gasteiger partial charge on any atom is -0.384 e. The van der Waals surface area contributed by atoms with E-state index in [2.05, 4.69) is 36.4 Å². The van der Waals surface area contributed by atoms with Crippen LogP contribution < -0.4 is 11.1 Å². The normalized spacial score (nSPS) is 10.7. The van der Waals surface area contributed by atoms with Crippen LogP contribution in [-0.2, 0) is 6.42 Å². The standard InChI is InChI=1S/C15H14BrN5/c16-10-3-4-12-13(9-15(17)20-14(12)8-10)18-7-5-11-2-1-6-19-21-11/h1-4,6,8-9H,5,7H2,(H3,17,18,20). The molecule has 3 N–H and O–H groups in total. The molecule has 3 rings (SSSR count). The fraction of sp³-hybridized carbons (Fsp3) is 0.133. The van der Waals surface area contributed by atoms with Gasteiger partial charge in [-0.25, -0.2) is 4.98 Å². The van der Waals surface area contributed by atoms with Crippen LogP contribution in [0, 0.1) is 0 Å². The Balaban J connectivity index is 1.80. The van der Waals surface area contributed by atoms with Gasteiger partial charge in [0, 0.05) is 40.8 Å². The average molecular weight is 344 g/mol. The smallest absolute Gasteiger partial charge is 0.126 e. The molecule has 0 amide bonds. The van der Waals surface area contributed by atoms with Crippen LogP contribution in [-0.4, -0.2) is 21.7 Å². The molecule has 106 valence electrons. The van der Waals surface area contributed by atoms with Gasteiger partial charge in [-0.05, 0) is 30.3 Å². The van der Waals surface area contributed by atoms with Crippen molar-refractivity contribution < 1.29 is 0 Å². The van der Waals surface area contributed by atoms with E-state index in [1.807, 2.05) is 36.4 Å². The van der Waals surface area contributed by atoms with E-state index in [0.29, 0.717) is 5.82 Å². The Morgan fingerprint density at radius 1 is 1.19 bits per heavy atom. The number of anilines is 2. The minimum absolute atomic E-state index is 0.502. The zero-order valence-corrected chi connectivity index (χ0v) is 12.8. The summed E-state index contributed by atoms with van der Waals surface area (Å²) in [5.74, 6) is 0.502. The Kier molecular flexibility index (Phi) is 3.96. The molecule has 0 aliphatic carbocycles. The number of rotatable bonds is 4. The van der Waals surface area contributed by atoms with E-state index in [-0.39, 0.29) is 0 Å². The summed E-state index contributed by atoms with van der Waals surface area (Å²) in [5, 5.41) is 12.4. The van der Waals surface area contributed by atoms with E-state index in [1.165, 1.54) is 0 Å². The molecule has 2 aromatic heterocycles. The molecule has 0 aliphatic heterocycles. The first-order valence-corrected chi connectivity index (χ1v) is 7.38. The third-order valence-electron chi connectivity index (χ3n) is 3.12. The minimum atomic E-state index is 0.502. The van der Waals surface area contributed by atoms with Crippen LogP contribution >= 0.6 is 15.9 Å². The highest BCUT2D eigenvalue weighted by molar-refractivity contribution is 9.10. The van der Waals surface area contributed by atoms with Gasteiger partial charge in [0.25, 0.3) is 0 Å². The molecule has 0 saturated heterocycles. The fourth-order valence-corrected chi connectivity index (χ4v) is 2.51. The molecule has 3 aromatic rings. The Hall–Kier alpha value is -2.21. The number of aromatic nitrogens is 3. The summed E-state index contributed by atoms with van der Waals surface area (Å²) < 4.78 is 0.985. The molecule has 0 saturated carbocycles. The first-order valence-electron chi connectivity index (χ1n) is 6.58. The molecular formula is C15H14BrN5. The molecule has 5 nitrogen and oxygen atoms in total. The van der Waals surface area contributed by atoms with E-state index in [4.69, 9.17) is 5.73 Å². The first-order chi connectivity index (χ1) is 10.2. The maximum absolute atomic E-state index is 5.87. The van der Waals surface area contributed by atoms with E-state index in [0.717, 1.165) is 39.7 Å². The Morgan fingerprint density at radius 2 is 2.10 bits per heavy atom. The number of nitrogens with one attached hydrogen (secondary N) is 1. The first kappa shape index (κ1) is 13.8. The van der Waals surface area contributed by atoms with Crippen molar-refractivity contribution in [3.63, 3.8) is 0 Å². The van der Waals surface area contributed by atoms with Crippen LogP contribution in [0.3, 0.4) is 0 Å². The third kappa shape index (κ3) is 3.28. The molecule has 0 atom stereocenters. The lowest BCUT2D eigenvalue weighted by molar-refractivity contribution is 0.888. The van der Waals surface area contributed by atoms with Gasteiger partial charge in [0.1, 0.15) is 5.82 Å². The number of nitrogens with two attached hydrogens (primary N) is 1. The van der Waals surface area contributed by atoms with Crippen molar-refractivity contribution in [1.29, 1.82) is 0 Å². The number of hydrogen-bond donors (Lipinski definition) is 2. The summed E-state index contributed by atoms with van der Waals surface area (Å²) in [5.41, 5.74) is 8.67. The fourth-order valence-electron chi connectivity index (χ4n) is 2.16. The molecule has 0 fully saturated rings. The zero-order valence-electron chi connectivity index (χ0n) is 11.3. The molecule has 0 aliphatic rings. The second-order valence-corrected chi connectivity index (χ2v) is 5.56. The van der Waals surface area contributed by atoms with Crippen molar-refractivity contribution in [2.24, 2.45) is 0 Å². The zero-order chi connectivity index (χ0) is 14.7. The van der Waals surface area contributed by atoms with E-state index in [1.54, 1.807) is 6.20 Å². The number of hydrogen-bond acceptors (Lipinski definition) is 5. The van der Waals surface area contributed by atoms with Crippen LogP contribution in [0.5, 0.6) is 0 Å². The number of nitrogens with zero attached hydrogens (tertiary/aromatic N) is 3. The summed E-state index contributed by atoms with van der Waals surface area (Å²) in [7, 11) is 0. The summed E-state index contributed by atoms with van der Waals surface area (Å²) in [6.07, 6.45) is 2.47. The Labute approximate surface area is 130 Å². The largest absolute Gasteiger partial charge is 0.384 e. The summed E-state index contributed by atoms with van der Waals surface area (Å²) in [6, 6.07) is 11.7. The number of nitrogen functional groups attached to an aromatic ring is 1. The number of pyridine rings is 1. The highest BCUT2D eigenvalue weighted by Crippen LogP contribution is 2.26. The number of halogens is 1. The lowest BCUT2D eigenvalue weighted by atomic mass is 10.1.